The van der Waals surface area contributed by atoms with Crippen molar-refractivity contribution < 1.29 is 27.6 Å². The molecule has 0 radical (unpaired) electrons. The molecule has 0 aliphatic heterocycles. The van der Waals surface area contributed by atoms with Gasteiger partial charge in [0, 0.05) is 16.1 Å². The van der Waals surface area contributed by atoms with Crippen LogP contribution in [0.25, 0.3) is 0 Å². The van der Waals surface area contributed by atoms with Gasteiger partial charge in [-0.15, -0.1) is 11.3 Å². The van der Waals surface area contributed by atoms with Gasteiger partial charge in [-0.05, 0) is 55.5 Å². The third-order valence-electron chi connectivity index (χ3n) is 4.31. The van der Waals surface area contributed by atoms with Gasteiger partial charge in [-0.2, -0.15) is 13.2 Å². The van der Waals surface area contributed by atoms with E-state index in [4.69, 9.17) is 5.73 Å². The van der Waals surface area contributed by atoms with E-state index in [0.717, 1.165) is 36.1 Å². The molecule has 10 heteroatoms. The van der Waals surface area contributed by atoms with Crippen LogP contribution in [0.5, 0.6) is 0 Å². The Morgan fingerprint density at radius 1 is 1.00 bits per heavy atom. The molecule has 4 N–H and O–H groups in total. The second-order valence-corrected chi connectivity index (χ2v) is 7.37. The van der Waals surface area contributed by atoms with Gasteiger partial charge in [0.15, 0.2) is 0 Å². The Morgan fingerprint density at radius 2 is 1.64 bits per heavy atom. The molecule has 0 fully saturated rings. The molecule has 1 heterocycles. The zero-order chi connectivity index (χ0) is 20.5. The molecule has 1 aromatic heterocycles. The molecule has 1 aliphatic rings. The number of primary amides is 1. The van der Waals surface area contributed by atoms with Crippen molar-refractivity contribution >= 4 is 39.7 Å². The van der Waals surface area contributed by atoms with Crippen LogP contribution in [0, 0.1) is 0 Å². The van der Waals surface area contributed by atoms with Crippen LogP contribution < -0.4 is 16.4 Å². The Kier molecular flexibility index (Phi) is 5.41. The second-order valence-electron chi connectivity index (χ2n) is 6.26. The molecule has 0 atom stereocenters. The molecule has 0 bridgehead atoms. The Balaban J connectivity index is 1.76. The summed E-state index contributed by atoms with van der Waals surface area (Å²) in [6, 6.07) is 4.93. The van der Waals surface area contributed by atoms with E-state index in [0.29, 0.717) is 10.6 Å². The predicted molar refractivity (Wildman–Crippen MR) is 98.6 cm³/mol. The quantitative estimate of drug-likeness (QED) is 0.718. The summed E-state index contributed by atoms with van der Waals surface area (Å²) in [5, 5.41) is 4.74. The zero-order valence-corrected chi connectivity index (χ0v) is 15.3. The van der Waals surface area contributed by atoms with Gasteiger partial charge in [-0.1, -0.05) is 0 Å². The topological polar surface area (TPSA) is 101 Å². The minimum absolute atomic E-state index is 0.0942. The van der Waals surface area contributed by atoms with Crippen molar-refractivity contribution in [2.45, 2.75) is 31.9 Å². The van der Waals surface area contributed by atoms with Gasteiger partial charge in [0.25, 0.3) is 11.8 Å². The Labute approximate surface area is 161 Å². The summed E-state index contributed by atoms with van der Waals surface area (Å²) in [6.07, 6.45) is -1.50. The third kappa shape index (κ3) is 4.16. The number of halogens is 3. The summed E-state index contributed by atoms with van der Waals surface area (Å²) < 4.78 is 36.8. The van der Waals surface area contributed by atoms with Crippen LogP contribution in [0.3, 0.4) is 0 Å². The van der Waals surface area contributed by atoms with Crippen LogP contribution in [-0.2, 0) is 17.6 Å². The van der Waals surface area contributed by atoms with E-state index >= 15 is 0 Å². The highest BCUT2D eigenvalue weighted by atomic mass is 32.1. The fourth-order valence-electron chi connectivity index (χ4n) is 3.00. The molecule has 0 saturated carbocycles. The number of benzene rings is 1. The SMILES string of the molecule is NC(=O)c1c(NC(=O)c2ccc(NC(=O)C(F)(F)F)cc2)sc2c1CCCC2. The average Bonchev–Trinajstić information content (AvgIpc) is 2.99. The second kappa shape index (κ2) is 7.63. The molecule has 0 saturated heterocycles. The Bertz CT molecular complexity index is 936. The van der Waals surface area contributed by atoms with E-state index in [1.165, 1.54) is 35.6 Å². The van der Waals surface area contributed by atoms with Crippen LogP contribution >= 0.6 is 11.3 Å². The number of carbonyl (C=O) groups excluding carboxylic acids is 3. The van der Waals surface area contributed by atoms with Gasteiger partial charge in [-0.3, -0.25) is 14.4 Å². The Hall–Kier alpha value is -2.88. The molecule has 3 rings (SSSR count). The molecule has 1 aliphatic carbocycles. The summed E-state index contributed by atoms with van der Waals surface area (Å²) in [7, 11) is 0. The van der Waals surface area contributed by atoms with Crippen LogP contribution in [0.2, 0.25) is 0 Å². The fourth-order valence-corrected chi connectivity index (χ4v) is 4.29. The molecular formula is C18H16F3N3O3S. The van der Waals surface area contributed by atoms with Crippen molar-refractivity contribution in [1.82, 2.24) is 0 Å². The molecular weight excluding hydrogens is 395 g/mol. The number of hydrogen-bond donors (Lipinski definition) is 3. The number of alkyl halides is 3. The first-order valence-electron chi connectivity index (χ1n) is 8.40. The van der Waals surface area contributed by atoms with Crippen molar-refractivity contribution in [2.24, 2.45) is 5.73 Å². The fraction of sp³-hybridized carbons (Fsp3) is 0.278. The van der Waals surface area contributed by atoms with E-state index in [9.17, 15) is 27.6 Å². The summed E-state index contributed by atoms with van der Waals surface area (Å²) >= 11 is 1.31. The van der Waals surface area contributed by atoms with Crippen molar-refractivity contribution in [3.63, 3.8) is 0 Å². The summed E-state index contributed by atoms with van der Waals surface area (Å²) in [4.78, 5) is 36.3. The van der Waals surface area contributed by atoms with E-state index in [1.54, 1.807) is 5.32 Å². The van der Waals surface area contributed by atoms with Crippen molar-refractivity contribution in [2.75, 3.05) is 10.6 Å². The highest BCUT2D eigenvalue weighted by Crippen LogP contribution is 2.38. The van der Waals surface area contributed by atoms with Gasteiger partial charge in [0.2, 0.25) is 0 Å². The number of nitrogens with one attached hydrogen (secondary N) is 2. The number of aryl methyl sites for hydroxylation is 1. The number of hydrogen-bond acceptors (Lipinski definition) is 4. The van der Waals surface area contributed by atoms with Crippen LogP contribution in [-0.4, -0.2) is 23.9 Å². The predicted octanol–water partition coefficient (Wildman–Crippen LogP) is 3.48. The van der Waals surface area contributed by atoms with Crippen molar-refractivity contribution in [3.05, 3.63) is 45.8 Å². The maximum absolute atomic E-state index is 12.5. The van der Waals surface area contributed by atoms with Crippen molar-refractivity contribution in [3.8, 4) is 0 Å². The van der Waals surface area contributed by atoms with Crippen LogP contribution in [0.1, 0.15) is 44.0 Å². The molecule has 0 spiro atoms. The van der Waals surface area contributed by atoms with Gasteiger partial charge in [-0.25, -0.2) is 0 Å². The smallest absolute Gasteiger partial charge is 0.365 e. The van der Waals surface area contributed by atoms with Gasteiger partial charge >= 0.3 is 12.1 Å². The minimum atomic E-state index is -5.00. The molecule has 28 heavy (non-hydrogen) atoms. The minimum Gasteiger partial charge on any atom is -0.365 e. The summed E-state index contributed by atoms with van der Waals surface area (Å²) in [5.41, 5.74) is 6.75. The largest absolute Gasteiger partial charge is 0.471 e. The summed E-state index contributed by atoms with van der Waals surface area (Å²) in [5.74, 6) is -3.24. The summed E-state index contributed by atoms with van der Waals surface area (Å²) in [6.45, 7) is 0. The molecule has 2 aromatic rings. The first kappa shape index (κ1) is 19.9. The lowest BCUT2D eigenvalue weighted by Gasteiger charge is -2.11. The monoisotopic (exact) mass is 411 g/mol. The molecule has 1 aromatic carbocycles. The molecule has 148 valence electrons. The third-order valence-corrected chi connectivity index (χ3v) is 5.51. The molecule has 0 unspecified atom stereocenters. The van der Waals surface area contributed by atoms with Crippen molar-refractivity contribution in [1.29, 1.82) is 0 Å². The lowest BCUT2D eigenvalue weighted by Crippen LogP contribution is -2.29. The van der Waals surface area contributed by atoms with E-state index in [2.05, 4.69) is 5.32 Å². The van der Waals surface area contributed by atoms with E-state index < -0.39 is 23.9 Å². The number of amides is 3. The number of anilines is 2. The highest BCUT2D eigenvalue weighted by molar-refractivity contribution is 7.17. The average molecular weight is 411 g/mol. The van der Waals surface area contributed by atoms with Gasteiger partial charge < -0.3 is 16.4 Å². The lowest BCUT2D eigenvalue weighted by molar-refractivity contribution is -0.167. The zero-order valence-electron chi connectivity index (χ0n) is 14.5. The number of rotatable bonds is 4. The lowest BCUT2D eigenvalue weighted by atomic mass is 9.95. The van der Waals surface area contributed by atoms with Gasteiger partial charge in [0.1, 0.15) is 5.00 Å². The number of carbonyl (C=O) groups is 3. The first-order valence-corrected chi connectivity index (χ1v) is 9.22. The number of nitrogens with two attached hydrogens (primary N) is 1. The van der Waals surface area contributed by atoms with E-state index in [1.807, 2.05) is 0 Å². The van der Waals surface area contributed by atoms with E-state index in [-0.39, 0.29) is 11.3 Å². The van der Waals surface area contributed by atoms with Crippen LogP contribution in [0.4, 0.5) is 23.9 Å². The normalized spacial score (nSPS) is 13.5. The highest BCUT2D eigenvalue weighted by Gasteiger charge is 2.38. The van der Waals surface area contributed by atoms with Crippen LogP contribution in [0.15, 0.2) is 24.3 Å². The maximum atomic E-state index is 12.5. The van der Waals surface area contributed by atoms with Gasteiger partial charge in [0.05, 0.1) is 5.56 Å². The Morgan fingerprint density at radius 3 is 2.25 bits per heavy atom. The number of fused-ring (bicyclic) bond motifs is 1. The molecule has 3 amide bonds. The number of thiophene rings is 1. The first-order chi connectivity index (χ1) is 13.2. The maximum Gasteiger partial charge on any atom is 0.471 e. The standard InChI is InChI=1S/C18H16F3N3O3S/c19-18(20,21)17(27)23-10-7-5-9(6-8-10)15(26)24-16-13(14(22)25)11-3-1-2-4-12(11)28-16/h5-8H,1-4H2,(H2,22,25)(H,23,27)(H,24,26). The molecule has 6 nitrogen and oxygen atoms in total.